The smallest absolute Gasteiger partial charge is 0.255 e. The van der Waals surface area contributed by atoms with Gasteiger partial charge in [-0.05, 0) is 49.4 Å². The number of fused-ring (bicyclic) bond motifs is 1. The zero-order valence-electron chi connectivity index (χ0n) is 14.1. The van der Waals surface area contributed by atoms with E-state index in [1.165, 1.54) is 0 Å². The van der Waals surface area contributed by atoms with Crippen LogP contribution in [0.1, 0.15) is 29.6 Å². The Balaban J connectivity index is 1.45. The summed E-state index contributed by atoms with van der Waals surface area (Å²) in [4.78, 5) is 12.8. The second-order valence-corrected chi connectivity index (χ2v) is 6.79. The Kier molecular flexibility index (Phi) is 4.68. The highest BCUT2D eigenvalue weighted by Crippen LogP contribution is 2.28. The molecule has 0 bridgehead atoms. The van der Waals surface area contributed by atoms with Gasteiger partial charge in [-0.25, -0.2) is 0 Å². The standard InChI is InChI=1S/C20H23N3O2/c24-20(22-15-10-11-18-14(12-15)13-21-23-18)17-8-4-5-9-19(17)25-16-6-2-1-3-7-16/h1-9,14-15,18,21,23H,10-13H2,(H,22,24). The molecule has 3 unspecified atom stereocenters. The average Bonchev–Trinajstić information content (AvgIpc) is 3.11. The number of hydrogen-bond donors (Lipinski definition) is 3. The molecule has 0 radical (unpaired) electrons. The van der Waals surface area contributed by atoms with Crippen molar-refractivity contribution in [2.45, 2.75) is 31.3 Å². The van der Waals surface area contributed by atoms with Crippen molar-refractivity contribution in [1.29, 1.82) is 0 Å². The van der Waals surface area contributed by atoms with Crippen LogP contribution in [0.5, 0.6) is 11.5 Å². The zero-order chi connectivity index (χ0) is 17.1. The second kappa shape index (κ2) is 7.25. The number of benzene rings is 2. The lowest BCUT2D eigenvalue weighted by Gasteiger charge is -2.31. The Morgan fingerprint density at radius 2 is 1.84 bits per heavy atom. The van der Waals surface area contributed by atoms with Gasteiger partial charge in [-0.15, -0.1) is 0 Å². The van der Waals surface area contributed by atoms with Crippen molar-refractivity contribution in [1.82, 2.24) is 16.2 Å². The van der Waals surface area contributed by atoms with E-state index in [2.05, 4.69) is 16.2 Å². The molecule has 1 amide bonds. The fraction of sp³-hybridized carbons (Fsp3) is 0.350. The molecule has 0 spiro atoms. The molecular formula is C20H23N3O2. The first-order valence-corrected chi connectivity index (χ1v) is 8.91. The van der Waals surface area contributed by atoms with Crippen LogP contribution in [0.3, 0.4) is 0 Å². The molecule has 0 aromatic heterocycles. The minimum absolute atomic E-state index is 0.0612. The van der Waals surface area contributed by atoms with Crippen molar-refractivity contribution in [2.75, 3.05) is 6.54 Å². The van der Waals surface area contributed by atoms with Crippen LogP contribution in [0.15, 0.2) is 54.6 Å². The van der Waals surface area contributed by atoms with E-state index in [0.717, 1.165) is 31.6 Å². The van der Waals surface area contributed by atoms with Crippen LogP contribution in [-0.4, -0.2) is 24.5 Å². The fourth-order valence-corrected chi connectivity index (χ4v) is 3.75. The van der Waals surface area contributed by atoms with E-state index >= 15 is 0 Å². The van der Waals surface area contributed by atoms with Crippen molar-refractivity contribution in [3.8, 4) is 11.5 Å². The van der Waals surface area contributed by atoms with E-state index in [0.29, 0.717) is 23.3 Å². The van der Waals surface area contributed by atoms with Crippen LogP contribution >= 0.6 is 0 Å². The van der Waals surface area contributed by atoms with Gasteiger partial charge in [0, 0.05) is 18.6 Å². The van der Waals surface area contributed by atoms with Gasteiger partial charge in [-0.1, -0.05) is 30.3 Å². The summed E-state index contributed by atoms with van der Waals surface area (Å²) >= 11 is 0. The number of carbonyl (C=O) groups excluding carboxylic acids is 1. The van der Waals surface area contributed by atoms with E-state index in [1.54, 1.807) is 0 Å². The number of amides is 1. The molecule has 5 heteroatoms. The zero-order valence-corrected chi connectivity index (χ0v) is 14.1. The summed E-state index contributed by atoms with van der Waals surface area (Å²) in [6.07, 6.45) is 3.10. The molecule has 1 heterocycles. The van der Waals surface area contributed by atoms with Crippen molar-refractivity contribution >= 4 is 5.91 Å². The van der Waals surface area contributed by atoms with E-state index in [4.69, 9.17) is 4.74 Å². The highest BCUT2D eigenvalue weighted by molar-refractivity contribution is 5.97. The first-order chi connectivity index (χ1) is 12.3. The number of nitrogens with one attached hydrogen (secondary N) is 3. The summed E-state index contributed by atoms with van der Waals surface area (Å²) in [5, 5.41) is 3.20. The number of carbonyl (C=O) groups is 1. The van der Waals surface area contributed by atoms with E-state index in [1.807, 2.05) is 54.6 Å². The third kappa shape index (κ3) is 3.67. The number of para-hydroxylation sites is 2. The van der Waals surface area contributed by atoms with Crippen molar-refractivity contribution < 1.29 is 9.53 Å². The van der Waals surface area contributed by atoms with Gasteiger partial charge in [0.25, 0.3) is 5.91 Å². The number of ether oxygens (including phenoxy) is 1. The minimum Gasteiger partial charge on any atom is -0.457 e. The summed E-state index contributed by atoms with van der Waals surface area (Å²) in [5.74, 6) is 1.85. The van der Waals surface area contributed by atoms with Crippen molar-refractivity contribution in [3.05, 3.63) is 60.2 Å². The van der Waals surface area contributed by atoms with Crippen LogP contribution in [0, 0.1) is 5.92 Å². The SMILES string of the molecule is O=C(NC1CCC2NNCC2C1)c1ccccc1Oc1ccccc1. The van der Waals surface area contributed by atoms with Gasteiger partial charge in [-0.3, -0.25) is 15.6 Å². The monoisotopic (exact) mass is 337 g/mol. The van der Waals surface area contributed by atoms with Crippen molar-refractivity contribution in [2.24, 2.45) is 5.92 Å². The van der Waals surface area contributed by atoms with Gasteiger partial charge in [0.15, 0.2) is 0 Å². The number of hydrazine groups is 1. The largest absolute Gasteiger partial charge is 0.457 e. The van der Waals surface area contributed by atoms with Gasteiger partial charge >= 0.3 is 0 Å². The molecule has 1 saturated heterocycles. The highest BCUT2D eigenvalue weighted by atomic mass is 16.5. The molecular weight excluding hydrogens is 314 g/mol. The van der Waals surface area contributed by atoms with E-state index < -0.39 is 0 Å². The molecule has 3 N–H and O–H groups in total. The first-order valence-electron chi connectivity index (χ1n) is 8.91. The average molecular weight is 337 g/mol. The van der Waals surface area contributed by atoms with Gasteiger partial charge in [-0.2, -0.15) is 0 Å². The molecule has 2 aromatic rings. The third-order valence-electron chi connectivity index (χ3n) is 5.07. The third-order valence-corrected chi connectivity index (χ3v) is 5.07. The molecule has 1 aliphatic carbocycles. The normalized spacial score (nSPS) is 25.2. The maximum Gasteiger partial charge on any atom is 0.255 e. The van der Waals surface area contributed by atoms with Crippen LogP contribution in [-0.2, 0) is 0 Å². The highest BCUT2D eigenvalue weighted by Gasteiger charge is 2.34. The summed E-state index contributed by atoms with van der Waals surface area (Å²) in [5.41, 5.74) is 7.12. The molecule has 1 aliphatic heterocycles. The molecule has 2 aliphatic rings. The Hall–Kier alpha value is -2.37. The predicted molar refractivity (Wildman–Crippen MR) is 96.5 cm³/mol. The lowest BCUT2D eigenvalue weighted by Crippen LogP contribution is -2.44. The molecule has 5 nitrogen and oxygen atoms in total. The second-order valence-electron chi connectivity index (χ2n) is 6.79. The van der Waals surface area contributed by atoms with Crippen LogP contribution in [0.25, 0.3) is 0 Å². The Morgan fingerprint density at radius 1 is 1.04 bits per heavy atom. The van der Waals surface area contributed by atoms with Crippen LogP contribution in [0.4, 0.5) is 0 Å². The Bertz CT molecular complexity index is 735. The van der Waals surface area contributed by atoms with Gasteiger partial charge in [0.2, 0.25) is 0 Å². The molecule has 2 aromatic carbocycles. The predicted octanol–water partition coefficient (Wildman–Crippen LogP) is 2.85. The minimum atomic E-state index is -0.0612. The van der Waals surface area contributed by atoms with Gasteiger partial charge < -0.3 is 10.1 Å². The van der Waals surface area contributed by atoms with Gasteiger partial charge in [0.1, 0.15) is 11.5 Å². The molecule has 1 saturated carbocycles. The topological polar surface area (TPSA) is 62.4 Å². The summed E-state index contributed by atoms with van der Waals surface area (Å²) in [7, 11) is 0. The molecule has 3 atom stereocenters. The van der Waals surface area contributed by atoms with E-state index in [-0.39, 0.29) is 11.9 Å². The summed E-state index contributed by atoms with van der Waals surface area (Å²) in [6.45, 7) is 0.977. The summed E-state index contributed by atoms with van der Waals surface area (Å²) in [6, 6.07) is 17.7. The lowest BCUT2D eigenvalue weighted by molar-refractivity contribution is 0.0916. The first kappa shape index (κ1) is 16.1. The Labute approximate surface area is 147 Å². The number of rotatable bonds is 4. The van der Waals surface area contributed by atoms with Gasteiger partial charge in [0.05, 0.1) is 5.56 Å². The molecule has 4 rings (SSSR count). The quantitative estimate of drug-likeness (QED) is 0.803. The molecule has 25 heavy (non-hydrogen) atoms. The molecule has 2 fully saturated rings. The lowest BCUT2D eigenvalue weighted by atomic mass is 9.83. The number of hydrogen-bond acceptors (Lipinski definition) is 4. The van der Waals surface area contributed by atoms with E-state index in [9.17, 15) is 4.79 Å². The van der Waals surface area contributed by atoms with Crippen molar-refractivity contribution in [3.63, 3.8) is 0 Å². The van der Waals surface area contributed by atoms with Crippen LogP contribution < -0.4 is 20.9 Å². The summed E-state index contributed by atoms with van der Waals surface area (Å²) < 4.78 is 5.91. The Morgan fingerprint density at radius 3 is 2.72 bits per heavy atom. The molecule has 130 valence electrons. The maximum atomic E-state index is 12.8. The maximum absolute atomic E-state index is 12.8. The fourth-order valence-electron chi connectivity index (χ4n) is 3.75. The van der Waals surface area contributed by atoms with Crippen LogP contribution in [0.2, 0.25) is 0 Å².